The van der Waals surface area contributed by atoms with E-state index in [9.17, 15) is 14.3 Å². The summed E-state index contributed by atoms with van der Waals surface area (Å²) in [6.45, 7) is 2.20. The zero-order valence-electron chi connectivity index (χ0n) is 18.3. The van der Waals surface area contributed by atoms with Crippen molar-refractivity contribution in [1.29, 1.82) is 0 Å². The highest BCUT2D eigenvalue weighted by atomic mass is 19.1. The molecule has 2 fully saturated rings. The number of amides is 1. The smallest absolute Gasteiger partial charge is 0.254 e. The van der Waals surface area contributed by atoms with Crippen molar-refractivity contribution in [2.24, 2.45) is 0 Å². The molecule has 0 unspecified atom stereocenters. The van der Waals surface area contributed by atoms with E-state index >= 15 is 0 Å². The van der Waals surface area contributed by atoms with Crippen LogP contribution in [0.2, 0.25) is 0 Å². The predicted molar refractivity (Wildman–Crippen MR) is 123 cm³/mol. The molecule has 2 saturated heterocycles. The molecule has 1 aromatic heterocycles. The summed E-state index contributed by atoms with van der Waals surface area (Å²) in [5.74, 6) is -0.417. The van der Waals surface area contributed by atoms with Gasteiger partial charge in [-0.05, 0) is 48.7 Å². The van der Waals surface area contributed by atoms with Crippen molar-refractivity contribution in [1.82, 2.24) is 19.8 Å². The van der Waals surface area contributed by atoms with Crippen LogP contribution in [0.1, 0.15) is 34.7 Å². The van der Waals surface area contributed by atoms with Gasteiger partial charge < -0.3 is 10.0 Å². The van der Waals surface area contributed by atoms with Crippen molar-refractivity contribution in [3.05, 3.63) is 84.2 Å². The SMILES string of the molecule is O=C(c1cccc(F)c1)N1CCCCN2[C@@H](CO)[C@@H](c3ccc(-c4cncnc4)cc3)[C@@H]2C1. The summed E-state index contributed by atoms with van der Waals surface area (Å²) >= 11 is 0. The molecular formula is C26H27FN4O2. The molecule has 1 N–H and O–H groups in total. The van der Waals surface area contributed by atoms with Crippen LogP contribution in [0.5, 0.6) is 0 Å². The third-order valence-corrected chi connectivity index (χ3v) is 6.92. The molecule has 2 aromatic carbocycles. The molecule has 1 amide bonds. The van der Waals surface area contributed by atoms with E-state index in [2.05, 4.69) is 39.1 Å². The molecule has 5 rings (SSSR count). The van der Waals surface area contributed by atoms with Gasteiger partial charge in [-0.1, -0.05) is 30.3 Å². The van der Waals surface area contributed by atoms with Gasteiger partial charge in [0.1, 0.15) is 12.1 Å². The first-order valence-corrected chi connectivity index (χ1v) is 11.4. The minimum absolute atomic E-state index is 0.0325. The maximum Gasteiger partial charge on any atom is 0.254 e. The monoisotopic (exact) mass is 446 g/mol. The highest BCUT2D eigenvalue weighted by Crippen LogP contribution is 2.42. The first-order valence-electron chi connectivity index (χ1n) is 11.4. The van der Waals surface area contributed by atoms with Crippen LogP contribution in [0.25, 0.3) is 11.1 Å². The number of hydrogen-bond acceptors (Lipinski definition) is 5. The fourth-order valence-corrected chi connectivity index (χ4v) is 5.27. The van der Waals surface area contributed by atoms with E-state index in [0.717, 1.165) is 36.1 Å². The number of nitrogens with zero attached hydrogens (tertiary/aromatic N) is 4. The lowest BCUT2D eigenvalue weighted by molar-refractivity contribution is -0.0606. The maximum atomic E-state index is 13.7. The molecule has 7 heteroatoms. The second-order valence-corrected chi connectivity index (χ2v) is 8.80. The van der Waals surface area contributed by atoms with Crippen LogP contribution < -0.4 is 0 Å². The maximum absolute atomic E-state index is 13.7. The minimum Gasteiger partial charge on any atom is -0.395 e. The van der Waals surface area contributed by atoms with Gasteiger partial charge in [0.05, 0.1) is 6.61 Å². The van der Waals surface area contributed by atoms with Crippen molar-refractivity contribution >= 4 is 5.91 Å². The Morgan fingerprint density at radius 3 is 2.52 bits per heavy atom. The number of carbonyl (C=O) groups is 1. The number of aliphatic hydroxyl groups excluding tert-OH is 1. The van der Waals surface area contributed by atoms with Crippen LogP contribution in [-0.2, 0) is 0 Å². The largest absolute Gasteiger partial charge is 0.395 e. The summed E-state index contributed by atoms with van der Waals surface area (Å²) in [7, 11) is 0. The van der Waals surface area contributed by atoms with E-state index in [0.29, 0.717) is 18.7 Å². The molecule has 0 radical (unpaired) electrons. The average molecular weight is 447 g/mol. The highest BCUT2D eigenvalue weighted by Gasteiger charge is 2.49. The summed E-state index contributed by atoms with van der Waals surface area (Å²) in [4.78, 5) is 25.5. The standard InChI is InChI=1S/C26H27FN4O2/c27-22-5-3-4-20(12-22)26(33)30-10-1-2-11-31-23(15-30)25(24(31)16-32)19-8-6-18(7-9-19)21-13-28-17-29-14-21/h3-9,12-14,17,23-25,32H,1-2,10-11,15-16H2/t23-,24-,25-/m0/s1. The van der Waals surface area contributed by atoms with Gasteiger partial charge in [0.2, 0.25) is 0 Å². The zero-order chi connectivity index (χ0) is 22.8. The number of aliphatic hydroxyl groups is 1. The van der Waals surface area contributed by atoms with Crippen LogP contribution >= 0.6 is 0 Å². The van der Waals surface area contributed by atoms with Gasteiger partial charge in [0.15, 0.2) is 0 Å². The summed E-state index contributed by atoms with van der Waals surface area (Å²) in [6, 6.07) is 14.4. The number of halogens is 1. The van der Waals surface area contributed by atoms with Gasteiger partial charge in [0.25, 0.3) is 5.91 Å². The number of hydrogen-bond donors (Lipinski definition) is 1. The van der Waals surface area contributed by atoms with Gasteiger partial charge in [0, 0.05) is 54.6 Å². The van der Waals surface area contributed by atoms with Gasteiger partial charge in [-0.15, -0.1) is 0 Å². The van der Waals surface area contributed by atoms with Crippen LogP contribution in [0.15, 0.2) is 67.3 Å². The van der Waals surface area contributed by atoms with Crippen molar-refractivity contribution in [3.63, 3.8) is 0 Å². The van der Waals surface area contributed by atoms with Crippen LogP contribution in [-0.4, -0.2) is 69.1 Å². The van der Waals surface area contributed by atoms with E-state index in [1.807, 2.05) is 4.90 Å². The average Bonchev–Trinajstić information content (AvgIpc) is 2.83. The lowest BCUT2D eigenvalue weighted by Crippen LogP contribution is -2.67. The Bertz CT molecular complexity index is 1110. The van der Waals surface area contributed by atoms with Crippen LogP contribution in [0.4, 0.5) is 4.39 Å². The fourth-order valence-electron chi connectivity index (χ4n) is 5.27. The molecule has 170 valence electrons. The molecule has 0 aliphatic carbocycles. The third-order valence-electron chi connectivity index (χ3n) is 6.92. The van der Waals surface area contributed by atoms with Crippen molar-refractivity contribution in [2.45, 2.75) is 30.8 Å². The van der Waals surface area contributed by atoms with Crippen LogP contribution in [0, 0.1) is 5.82 Å². The molecule has 3 heterocycles. The van der Waals surface area contributed by atoms with Gasteiger partial charge in [-0.25, -0.2) is 14.4 Å². The summed E-state index contributed by atoms with van der Waals surface area (Å²) in [5.41, 5.74) is 3.52. The Morgan fingerprint density at radius 1 is 1.03 bits per heavy atom. The van der Waals surface area contributed by atoms with E-state index < -0.39 is 5.82 Å². The number of aromatic nitrogens is 2. The molecule has 2 aliphatic heterocycles. The number of benzene rings is 2. The van der Waals surface area contributed by atoms with E-state index in [-0.39, 0.29) is 30.5 Å². The van der Waals surface area contributed by atoms with Gasteiger partial charge in [-0.2, -0.15) is 0 Å². The van der Waals surface area contributed by atoms with Crippen molar-refractivity contribution in [2.75, 3.05) is 26.2 Å². The second-order valence-electron chi connectivity index (χ2n) is 8.80. The Hall–Kier alpha value is -3.16. The normalized spacial score (nSPS) is 23.2. The van der Waals surface area contributed by atoms with E-state index in [1.54, 1.807) is 24.5 Å². The number of rotatable bonds is 4. The number of carbonyl (C=O) groups excluding carboxylic acids is 1. The first-order chi connectivity index (χ1) is 16.2. The summed E-state index contributed by atoms with van der Waals surface area (Å²) < 4.78 is 13.7. The Kier molecular flexibility index (Phi) is 6.15. The fraction of sp³-hybridized carbons (Fsp3) is 0.346. The molecule has 0 spiro atoms. The molecule has 33 heavy (non-hydrogen) atoms. The summed E-state index contributed by atoms with van der Waals surface area (Å²) in [6.07, 6.45) is 6.93. The topological polar surface area (TPSA) is 69.6 Å². The summed E-state index contributed by atoms with van der Waals surface area (Å²) in [5, 5.41) is 10.2. The number of fused-ring (bicyclic) bond motifs is 1. The molecular weight excluding hydrogens is 419 g/mol. The molecule has 2 aliphatic rings. The van der Waals surface area contributed by atoms with E-state index in [1.165, 1.54) is 18.5 Å². The molecule has 0 bridgehead atoms. The first kappa shape index (κ1) is 21.7. The molecule has 3 atom stereocenters. The lowest BCUT2D eigenvalue weighted by atomic mass is 9.74. The highest BCUT2D eigenvalue weighted by molar-refractivity contribution is 5.94. The van der Waals surface area contributed by atoms with Crippen molar-refractivity contribution < 1.29 is 14.3 Å². The Labute approximate surface area is 192 Å². The Balaban J connectivity index is 1.39. The van der Waals surface area contributed by atoms with Gasteiger partial charge >= 0.3 is 0 Å². The minimum atomic E-state index is -0.403. The molecule has 3 aromatic rings. The molecule has 6 nitrogen and oxygen atoms in total. The van der Waals surface area contributed by atoms with Crippen molar-refractivity contribution in [3.8, 4) is 11.1 Å². The lowest BCUT2D eigenvalue weighted by Gasteiger charge is -2.57. The Morgan fingerprint density at radius 2 is 1.79 bits per heavy atom. The second kappa shape index (κ2) is 9.37. The molecule has 0 saturated carbocycles. The predicted octanol–water partition coefficient (Wildman–Crippen LogP) is 3.35. The quantitative estimate of drug-likeness (QED) is 0.666. The third kappa shape index (κ3) is 4.26. The van der Waals surface area contributed by atoms with Gasteiger partial charge in [-0.3, -0.25) is 9.69 Å². The van der Waals surface area contributed by atoms with E-state index in [4.69, 9.17) is 0 Å². The zero-order valence-corrected chi connectivity index (χ0v) is 18.3. The van der Waals surface area contributed by atoms with Crippen LogP contribution in [0.3, 0.4) is 0 Å².